The van der Waals surface area contributed by atoms with E-state index < -0.39 is 14.9 Å². The molecule has 0 radical (unpaired) electrons. The Morgan fingerprint density at radius 3 is 2.41 bits per heavy atom. The minimum Gasteiger partial charge on any atom is -0.355 e. The summed E-state index contributed by atoms with van der Waals surface area (Å²) in [5.74, 6) is -0.194. The number of nitrogens with one attached hydrogen (secondary N) is 2. The van der Waals surface area contributed by atoms with Crippen LogP contribution in [0, 0.1) is 10.1 Å². The monoisotopic (exact) mass is 330 g/mol. The largest absolute Gasteiger partial charge is 0.355 e. The summed E-state index contributed by atoms with van der Waals surface area (Å²) >= 11 is 0. The number of benzene rings is 1. The molecule has 0 aromatic heterocycles. The second-order valence-corrected chi connectivity index (χ2v) is 6.16. The van der Waals surface area contributed by atoms with E-state index in [-0.39, 0.29) is 29.6 Å². The SMILES string of the molecule is NCCCC(=O)NCCNS(=O)(=O)c1ccc([N+](=O)[O-])cc1. The van der Waals surface area contributed by atoms with Gasteiger partial charge < -0.3 is 11.1 Å². The fourth-order valence-electron chi connectivity index (χ4n) is 1.57. The maximum Gasteiger partial charge on any atom is 0.269 e. The molecule has 1 amide bonds. The molecule has 4 N–H and O–H groups in total. The van der Waals surface area contributed by atoms with Gasteiger partial charge in [0.2, 0.25) is 15.9 Å². The van der Waals surface area contributed by atoms with Gasteiger partial charge in [-0.05, 0) is 25.1 Å². The van der Waals surface area contributed by atoms with Gasteiger partial charge in [-0.3, -0.25) is 14.9 Å². The number of amides is 1. The molecule has 0 aliphatic rings. The predicted molar refractivity (Wildman–Crippen MR) is 79.6 cm³/mol. The molecule has 0 saturated carbocycles. The zero-order chi connectivity index (χ0) is 16.6. The topological polar surface area (TPSA) is 144 Å². The Bertz CT molecular complexity index is 615. The number of nitro groups is 1. The van der Waals surface area contributed by atoms with Gasteiger partial charge in [0.25, 0.3) is 5.69 Å². The highest BCUT2D eigenvalue weighted by Crippen LogP contribution is 2.15. The van der Waals surface area contributed by atoms with Crippen LogP contribution in [-0.2, 0) is 14.8 Å². The van der Waals surface area contributed by atoms with E-state index in [4.69, 9.17) is 5.73 Å². The fourth-order valence-corrected chi connectivity index (χ4v) is 2.60. The summed E-state index contributed by atoms with van der Waals surface area (Å²) in [6.45, 7) is 0.587. The van der Waals surface area contributed by atoms with Gasteiger partial charge in [-0.1, -0.05) is 0 Å². The summed E-state index contributed by atoms with van der Waals surface area (Å²) in [5.41, 5.74) is 5.08. The van der Waals surface area contributed by atoms with Crippen molar-refractivity contribution in [2.75, 3.05) is 19.6 Å². The lowest BCUT2D eigenvalue weighted by Gasteiger charge is -2.08. The number of nitro benzene ring substituents is 1. The minimum atomic E-state index is -3.76. The first-order valence-corrected chi connectivity index (χ1v) is 8.06. The van der Waals surface area contributed by atoms with Crippen LogP contribution < -0.4 is 15.8 Å². The Morgan fingerprint density at radius 2 is 1.86 bits per heavy atom. The van der Waals surface area contributed by atoms with Crippen molar-refractivity contribution < 1.29 is 18.1 Å². The molecule has 22 heavy (non-hydrogen) atoms. The average Bonchev–Trinajstić information content (AvgIpc) is 2.49. The Labute approximate surface area is 128 Å². The summed E-state index contributed by atoms with van der Waals surface area (Å²) in [5, 5.41) is 13.1. The van der Waals surface area contributed by atoms with Crippen molar-refractivity contribution >= 4 is 21.6 Å². The van der Waals surface area contributed by atoms with Crippen molar-refractivity contribution in [3.05, 3.63) is 34.4 Å². The average molecular weight is 330 g/mol. The minimum absolute atomic E-state index is 0.0215. The molecular weight excluding hydrogens is 312 g/mol. The van der Waals surface area contributed by atoms with Crippen LogP contribution in [0.15, 0.2) is 29.2 Å². The summed E-state index contributed by atoms with van der Waals surface area (Å²) in [7, 11) is -3.76. The first-order chi connectivity index (χ1) is 10.4. The summed E-state index contributed by atoms with van der Waals surface area (Å²) in [4.78, 5) is 21.1. The molecule has 0 heterocycles. The van der Waals surface area contributed by atoms with Gasteiger partial charge in [0, 0.05) is 31.6 Å². The Morgan fingerprint density at radius 1 is 1.23 bits per heavy atom. The van der Waals surface area contributed by atoms with E-state index in [1.54, 1.807) is 0 Å². The van der Waals surface area contributed by atoms with Crippen LogP contribution in [-0.4, -0.2) is 38.9 Å². The van der Waals surface area contributed by atoms with E-state index in [1.165, 1.54) is 0 Å². The van der Waals surface area contributed by atoms with Crippen LogP contribution in [0.1, 0.15) is 12.8 Å². The number of hydrogen-bond donors (Lipinski definition) is 3. The lowest BCUT2D eigenvalue weighted by molar-refractivity contribution is -0.384. The molecule has 122 valence electrons. The number of nitrogens with zero attached hydrogens (tertiary/aromatic N) is 1. The van der Waals surface area contributed by atoms with Crippen molar-refractivity contribution in [1.29, 1.82) is 0 Å². The molecule has 0 atom stereocenters. The molecular formula is C12H18N4O5S. The van der Waals surface area contributed by atoms with E-state index in [1.807, 2.05) is 0 Å². The molecule has 0 bridgehead atoms. The third-order valence-electron chi connectivity index (χ3n) is 2.71. The lowest BCUT2D eigenvalue weighted by atomic mass is 10.3. The lowest BCUT2D eigenvalue weighted by Crippen LogP contribution is -2.34. The van der Waals surface area contributed by atoms with Gasteiger partial charge >= 0.3 is 0 Å². The third-order valence-corrected chi connectivity index (χ3v) is 4.18. The highest BCUT2D eigenvalue weighted by atomic mass is 32.2. The van der Waals surface area contributed by atoms with E-state index in [2.05, 4.69) is 10.0 Å². The van der Waals surface area contributed by atoms with Crippen LogP contribution >= 0.6 is 0 Å². The molecule has 0 saturated heterocycles. The first kappa shape index (κ1) is 18.0. The molecule has 1 aromatic carbocycles. The molecule has 0 unspecified atom stereocenters. The van der Waals surface area contributed by atoms with Crippen LogP contribution in [0.5, 0.6) is 0 Å². The van der Waals surface area contributed by atoms with E-state index in [0.29, 0.717) is 19.4 Å². The number of carbonyl (C=O) groups excluding carboxylic acids is 1. The van der Waals surface area contributed by atoms with Crippen molar-refractivity contribution in [2.24, 2.45) is 5.73 Å². The third kappa shape index (κ3) is 5.76. The number of rotatable bonds is 9. The van der Waals surface area contributed by atoms with Gasteiger partial charge in [0.05, 0.1) is 9.82 Å². The highest BCUT2D eigenvalue weighted by Gasteiger charge is 2.15. The maximum atomic E-state index is 11.9. The van der Waals surface area contributed by atoms with Crippen molar-refractivity contribution in [2.45, 2.75) is 17.7 Å². The molecule has 10 heteroatoms. The van der Waals surface area contributed by atoms with Gasteiger partial charge in [0.15, 0.2) is 0 Å². The highest BCUT2D eigenvalue weighted by molar-refractivity contribution is 7.89. The molecule has 9 nitrogen and oxygen atoms in total. The number of carbonyl (C=O) groups is 1. The van der Waals surface area contributed by atoms with Crippen LogP contribution in [0.4, 0.5) is 5.69 Å². The number of non-ortho nitro benzene ring substituents is 1. The summed E-state index contributed by atoms with van der Waals surface area (Å²) in [6.07, 6.45) is 0.867. The molecule has 0 spiro atoms. The second-order valence-electron chi connectivity index (χ2n) is 4.39. The maximum absolute atomic E-state index is 11.9. The van der Waals surface area contributed by atoms with Crippen LogP contribution in [0.2, 0.25) is 0 Å². The normalized spacial score (nSPS) is 11.1. The molecule has 0 aliphatic heterocycles. The summed E-state index contributed by atoms with van der Waals surface area (Å²) < 4.78 is 26.1. The van der Waals surface area contributed by atoms with Crippen molar-refractivity contribution in [1.82, 2.24) is 10.0 Å². The quantitative estimate of drug-likeness (QED) is 0.323. The molecule has 1 rings (SSSR count). The summed E-state index contributed by atoms with van der Waals surface area (Å²) in [6, 6.07) is 4.53. The van der Waals surface area contributed by atoms with E-state index >= 15 is 0 Å². The molecule has 0 aliphatic carbocycles. The van der Waals surface area contributed by atoms with Gasteiger partial charge in [0.1, 0.15) is 0 Å². The standard InChI is InChI=1S/C12H18N4O5S/c13-7-1-2-12(17)14-8-9-15-22(20,21)11-5-3-10(4-6-11)16(18)19/h3-6,15H,1-2,7-9,13H2,(H,14,17). The molecule has 1 aromatic rings. The van der Waals surface area contributed by atoms with E-state index in [0.717, 1.165) is 24.3 Å². The first-order valence-electron chi connectivity index (χ1n) is 6.57. The van der Waals surface area contributed by atoms with Gasteiger partial charge in [-0.25, -0.2) is 13.1 Å². The Hall–Kier alpha value is -2.04. The van der Waals surface area contributed by atoms with Gasteiger partial charge in [-0.15, -0.1) is 0 Å². The number of sulfonamides is 1. The van der Waals surface area contributed by atoms with Crippen molar-refractivity contribution in [3.63, 3.8) is 0 Å². The zero-order valence-corrected chi connectivity index (χ0v) is 12.6. The van der Waals surface area contributed by atoms with Crippen LogP contribution in [0.3, 0.4) is 0 Å². The zero-order valence-electron chi connectivity index (χ0n) is 11.8. The smallest absolute Gasteiger partial charge is 0.269 e. The van der Waals surface area contributed by atoms with Crippen LogP contribution in [0.25, 0.3) is 0 Å². The van der Waals surface area contributed by atoms with Gasteiger partial charge in [-0.2, -0.15) is 0 Å². The van der Waals surface area contributed by atoms with Crippen molar-refractivity contribution in [3.8, 4) is 0 Å². The number of nitrogens with two attached hydrogens (primary N) is 1. The predicted octanol–water partition coefficient (Wildman–Crippen LogP) is -0.272. The molecule has 0 fully saturated rings. The second kappa shape index (κ2) is 8.41. The fraction of sp³-hybridized carbons (Fsp3) is 0.417. The Balaban J connectivity index is 2.47. The van der Waals surface area contributed by atoms with E-state index in [9.17, 15) is 23.3 Å². The Kier molecular flexibility index (Phi) is 6.89. The number of hydrogen-bond acceptors (Lipinski definition) is 6.